The van der Waals surface area contributed by atoms with Crippen LogP contribution in [0.25, 0.3) is 11.6 Å². The number of allylic oxidation sites excluding steroid dienone is 1. The van der Waals surface area contributed by atoms with Crippen molar-refractivity contribution in [2.24, 2.45) is 0 Å². The van der Waals surface area contributed by atoms with Crippen LogP contribution in [-0.2, 0) is 14.3 Å². The van der Waals surface area contributed by atoms with E-state index < -0.39 is 11.9 Å². The second-order valence-electron chi connectivity index (χ2n) is 7.09. The Labute approximate surface area is 210 Å². The van der Waals surface area contributed by atoms with E-state index in [1.165, 1.54) is 33.7 Å². The third-order valence-electron chi connectivity index (χ3n) is 4.96. The van der Waals surface area contributed by atoms with Crippen molar-refractivity contribution in [3.63, 3.8) is 0 Å². The molecule has 0 saturated heterocycles. The van der Waals surface area contributed by atoms with Gasteiger partial charge in [-0.25, -0.2) is 14.8 Å². The number of nitrogens with one attached hydrogen (secondary N) is 1. The van der Waals surface area contributed by atoms with Gasteiger partial charge in [-0.05, 0) is 47.9 Å². The van der Waals surface area contributed by atoms with Crippen LogP contribution in [0.4, 0.5) is 5.95 Å². The Bertz CT molecular complexity index is 1210. The number of methoxy groups -OCH3 is 3. The van der Waals surface area contributed by atoms with Gasteiger partial charge in [-0.1, -0.05) is 30.3 Å². The van der Waals surface area contributed by atoms with Crippen LogP contribution in [-0.4, -0.2) is 43.2 Å². The van der Waals surface area contributed by atoms with Crippen molar-refractivity contribution in [1.29, 1.82) is 0 Å². The second kappa shape index (κ2) is 12.9. The highest BCUT2D eigenvalue weighted by atomic mass is 35.5. The number of esters is 1. The van der Waals surface area contributed by atoms with Gasteiger partial charge in [0.2, 0.25) is 5.95 Å². The maximum atomic E-state index is 13.4. The molecule has 0 atom stereocenters. The van der Waals surface area contributed by atoms with E-state index in [1.54, 1.807) is 37.3 Å². The molecule has 9 heteroatoms. The van der Waals surface area contributed by atoms with Gasteiger partial charge in [-0.2, -0.15) is 0 Å². The summed E-state index contributed by atoms with van der Waals surface area (Å²) in [5, 5.41) is 2.65. The first-order valence-electron chi connectivity index (χ1n) is 10.3. The zero-order chi connectivity index (χ0) is 24.5. The Morgan fingerprint density at radius 2 is 1.49 bits per heavy atom. The van der Waals surface area contributed by atoms with Crippen molar-refractivity contribution >= 4 is 41.9 Å². The molecule has 1 N–H and O–H groups in total. The van der Waals surface area contributed by atoms with Crippen molar-refractivity contribution in [3.8, 4) is 11.5 Å². The van der Waals surface area contributed by atoms with Crippen LogP contribution in [0, 0.1) is 0 Å². The van der Waals surface area contributed by atoms with Crippen molar-refractivity contribution in [2.45, 2.75) is 6.92 Å². The van der Waals surface area contributed by atoms with E-state index in [4.69, 9.17) is 14.2 Å². The highest BCUT2D eigenvalue weighted by Gasteiger charge is 2.26. The van der Waals surface area contributed by atoms with Gasteiger partial charge in [-0.15, -0.1) is 12.4 Å². The Kier molecular flexibility index (Phi) is 9.98. The lowest BCUT2D eigenvalue weighted by molar-refractivity contribution is -0.136. The zero-order valence-electron chi connectivity index (χ0n) is 19.8. The minimum Gasteiger partial charge on any atom is -0.497 e. The van der Waals surface area contributed by atoms with Crippen LogP contribution in [0.1, 0.15) is 18.1 Å². The van der Waals surface area contributed by atoms with E-state index in [0.29, 0.717) is 22.6 Å². The highest BCUT2D eigenvalue weighted by molar-refractivity contribution is 6.19. The number of nitrogens with zero attached hydrogens (tertiary/aromatic N) is 2. The van der Waals surface area contributed by atoms with Gasteiger partial charge in [0.15, 0.2) is 0 Å². The van der Waals surface area contributed by atoms with Crippen LogP contribution >= 0.6 is 12.4 Å². The fourth-order valence-electron chi connectivity index (χ4n) is 3.24. The van der Waals surface area contributed by atoms with Crippen LogP contribution in [0.5, 0.6) is 11.5 Å². The molecule has 0 unspecified atom stereocenters. The van der Waals surface area contributed by atoms with E-state index in [-0.39, 0.29) is 29.5 Å². The summed E-state index contributed by atoms with van der Waals surface area (Å²) in [5.41, 5.74) is 2.01. The molecule has 3 rings (SSSR count). The molecule has 2 aromatic carbocycles. The van der Waals surface area contributed by atoms with Gasteiger partial charge in [0, 0.05) is 18.5 Å². The lowest BCUT2D eigenvalue weighted by Crippen LogP contribution is -2.22. The standard InChI is InChI=1S/C26H25N3O5.ClH/c1-17(19-14-20(32-2)16-21(15-19)33-3)23(25(31)34-4)22(13-18-9-6-5-7-10-18)24(30)29-26-27-11-8-12-28-26;/h5-16H,1-4H3,(H,27,28,29,30);1H/b22-13+,23-17-;. The molecule has 0 aliphatic carbocycles. The van der Waals surface area contributed by atoms with Gasteiger partial charge in [0.1, 0.15) is 11.5 Å². The summed E-state index contributed by atoms with van der Waals surface area (Å²) in [4.78, 5) is 34.5. The number of anilines is 1. The second-order valence-corrected chi connectivity index (χ2v) is 7.09. The van der Waals surface area contributed by atoms with Gasteiger partial charge in [0.25, 0.3) is 5.91 Å². The zero-order valence-corrected chi connectivity index (χ0v) is 20.6. The largest absolute Gasteiger partial charge is 0.497 e. The van der Waals surface area contributed by atoms with Gasteiger partial charge < -0.3 is 14.2 Å². The molecular formula is C26H26ClN3O5. The van der Waals surface area contributed by atoms with Crippen molar-refractivity contribution < 1.29 is 23.8 Å². The van der Waals surface area contributed by atoms with Crippen LogP contribution in [0.2, 0.25) is 0 Å². The number of amides is 1. The number of ether oxygens (including phenoxy) is 3. The number of aromatic nitrogens is 2. The summed E-state index contributed by atoms with van der Waals surface area (Å²) >= 11 is 0. The van der Waals surface area contributed by atoms with E-state index >= 15 is 0 Å². The first-order chi connectivity index (χ1) is 16.5. The SMILES string of the molecule is COC(=O)C(=C(/C)c1cc(OC)cc(OC)c1)/C(=C\c1ccccc1)C(=O)Nc1ncccn1.Cl. The molecule has 35 heavy (non-hydrogen) atoms. The molecule has 3 aromatic rings. The summed E-state index contributed by atoms with van der Waals surface area (Å²) in [5.74, 6) is -0.0612. The van der Waals surface area contributed by atoms with Crippen molar-refractivity contribution in [3.05, 3.63) is 89.3 Å². The van der Waals surface area contributed by atoms with Crippen molar-refractivity contribution in [2.75, 3.05) is 26.6 Å². The Hall–Kier alpha value is -4.17. The molecule has 0 radical (unpaired) electrons. The fraction of sp³-hybridized carbons (Fsp3) is 0.154. The Balaban J connectivity index is 0.00000432. The number of hydrogen-bond donors (Lipinski definition) is 1. The van der Waals surface area contributed by atoms with Gasteiger partial charge in [-0.3, -0.25) is 10.1 Å². The molecule has 0 aliphatic rings. The minimum atomic E-state index is -0.675. The number of carbonyl (C=O) groups excluding carboxylic acids is 2. The van der Waals surface area contributed by atoms with E-state index in [2.05, 4.69) is 15.3 Å². The molecule has 0 saturated carbocycles. The van der Waals surface area contributed by atoms with E-state index in [1.807, 2.05) is 30.3 Å². The lowest BCUT2D eigenvalue weighted by Gasteiger charge is -2.16. The lowest BCUT2D eigenvalue weighted by atomic mass is 9.93. The van der Waals surface area contributed by atoms with Crippen LogP contribution in [0.3, 0.4) is 0 Å². The molecule has 0 bridgehead atoms. The van der Waals surface area contributed by atoms with Crippen LogP contribution in [0.15, 0.2) is 78.1 Å². The number of rotatable bonds is 8. The predicted octanol–water partition coefficient (Wildman–Crippen LogP) is 4.58. The first-order valence-corrected chi connectivity index (χ1v) is 10.3. The smallest absolute Gasteiger partial charge is 0.338 e. The van der Waals surface area contributed by atoms with Crippen molar-refractivity contribution in [1.82, 2.24) is 9.97 Å². The third-order valence-corrected chi connectivity index (χ3v) is 4.96. The summed E-state index contributed by atoms with van der Waals surface area (Å²) in [6.07, 6.45) is 4.63. The molecule has 0 spiro atoms. The van der Waals surface area contributed by atoms with E-state index in [9.17, 15) is 9.59 Å². The summed E-state index contributed by atoms with van der Waals surface area (Å²) in [7, 11) is 4.33. The molecule has 1 amide bonds. The normalized spacial score (nSPS) is 11.5. The Morgan fingerprint density at radius 3 is 2.03 bits per heavy atom. The summed E-state index contributed by atoms with van der Waals surface area (Å²) in [6, 6.07) is 16.0. The Morgan fingerprint density at radius 1 is 0.886 bits per heavy atom. The quantitative estimate of drug-likeness (QED) is 0.277. The first kappa shape index (κ1) is 27.1. The average Bonchev–Trinajstić information content (AvgIpc) is 2.88. The van der Waals surface area contributed by atoms with Gasteiger partial charge in [0.05, 0.1) is 32.5 Å². The molecule has 0 aliphatic heterocycles. The van der Waals surface area contributed by atoms with E-state index in [0.717, 1.165) is 5.56 Å². The fourth-order valence-corrected chi connectivity index (χ4v) is 3.24. The molecule has 0 fully saturated rings. The number of carbonyl (C=O) groups is 2. The van der Waals surface area contributed by atoms with Gasteiger partial charge >= 0.3 is 5.97 Å². The molecule has 182 valence electrons. The predicted molar refractivity (Wildman–Crippen MR) is 136 cm³/mol. The minimum absolute atomic E-state index is 0. The highest BCUT2D eigenvalue weighted by Crippen LogP contribution is 2.32. The molecule has 8 nitrogen and oxygen atoms in total. The number of hydrogen-bond acceptors (Lipinski definition) is 7. The maximum Gasteiger partial charge on any atom is 0.338 e. The molecule has 1 aromatic heterocycles. The summed E-state index contributed by atoms with van der Waals surface area (Å²) in [6.45, 7) is 1.73. The summed E-state index contributed by atoms with van der Waals surface area (Å²) < 4.78 is 15.8. The monoisotopic (exact) mass is 495 g/mol. The topological polar surface area (TPSA) is 99.6 Å². The molecular weight excluding hydrogens is 470 g/mol. The number of halogens is 1. The number of benzene rings is 2. The third kappa shape index (κ3) is 6.91. The average molecular weight is 496 g/mol. The maximum absolute atomic E-state index is 13.4. The van der Waals surface area contributed by atoms with Crippen LogP contribution < -0.4 is 14.8 Å². The molecule has 1 heterocycles.